The Morgan fingerprint density at radius 3 is 2.65 bits per heavy atom. The van der Waals surface area contributed by atoms with Gasteiger partial charge in [0.05, 0.1) is 0 Å². The number of nitrogens with two attached hydrogens (primary N) is 1. The monoisotopic (exact) mass is 343 g/mol. The summed E-state index contributed by atoms with van der Waals surface area (Å²) in [6, 6.07) is 18.9. The highest BCUT2D eigenvalue weighted by molar-refractivity contribution is 5.79. The third kappa shape index (κ3) is 2.82. The van der Waals surface area contributed by atoms with E-state index in [0.717, 1.165) is 36.1 Å². The number of pyridine rings is 1. The van der Waals surface area contributed by atoms with Gasteiger partial charge in [-0.2, -0.15) is 5.26 Å². The van der Waals surface area contributed by atoms with Gasteiger partial charge < -0.3 is 5.73 Å². The van der Waals surface area contributed by atoms with E-state index in [1.807, 2.05) is 24.3 Å². The first-order valence-corrected chi connectivity index (χ1v) is 8.69. The Balaban J connectivity index is 1.89. The molecule has 0 radical (unpaired) electrons. The Bertz CT molecular complexity index is 1010. The maximum absolute atomic E-state index is 13.8. The van der Waals surface area contributed by atoms with Gasteiger partial charge in [-0.05, 0) is 54.0 Å². The van der Waals surface area contributed by atoms with Crippen LogP contribution in [0.15, 0.2) is 54.6 Å². The summed E-state index contributed by atoms with van der Waals surface area (Å²) >= 11 is 0. The molecule has 0 bridgehead atoms. The van der Waals surface area contributed by atoms with E-state index in [4.69, 9.17) is 5.73 Å². The van der Waals surface area contributed by atoms with Crippen LogP contribution < -0.4 is 5.73 Å². The Kier molecular flexibility index (Phi) is 4.14. The van der Waals surface area contributed by atoms with Gasteiger partial charge in [-0.1, -0.05) is 42.5 Å². The molecule has 0 saturated heterocycles. The Hall–Kier alpha value is -3.19. The molecule has 4 heteroatoms. The summed E-state index contributed by atoms with van der Waals surface area (Å²) in [5.41, 5.74) is 11.0. The predicted molar refractivity (Wildman–Crippen MR) is 100.0 cm³/mol. The Labute approximate surface area is 151 Å². The number of fused-ring (bicyclic) bond motifs is 1. The molecule has 1 atom stereocenters. The van der Waals surface area contributed by atoms with Crippen LogP contribution in [0.25, 0.3) is 11.1 Å². The first-order chi connectivity index (χ1) is 12.7. The van der Waals surface area contributed by atoms with E-state index in [1.165, 1.54) is 17.7 Å². The van der Waals surface area contributed by atoms with E-state index in [1.54, 1.807) is 6.07 Å². The third-order valence-electron chi connectivity index (χ3n) is 5.09. The lowest BCUT2D eigenvalue weighted by atomic mass is 9.78. The summed E-state index contributed by atoms with van der Waals surface area (Å²) in [5.74, 6) is 0.252. The van der Waals surface area contributed by atoms with Crippen LogP contribution >= 0.6 is 0 Å². The van der Waals surface area contributed by atoms with Gasteiger partial charge in [-0.25, -0.2) is 9.37 Å². The number of hydrogen-bond donors (Lipinski definition) is 1. The molecule has 1 heterocycles. The number of nitriles is 1. The molecular formula is C22H18FN3. The van der Waals surface area contributed by atoms with Gasteiger partial charge in [0.15, 0.2) is 0 Å². The predicted octanol–water partition coefficient (Wildman–Crippen LogP) is 4.61. The number of nitrogen functional groups attached to an aromatic ring is 1. The van der Waals surface area contributed by atoms with Crippen LogP contribution in [-0.2, 0) is 12.8 Å². The van der Waals surface area contributed by atoms with Crippen molar-refractivity contribution in [3.8, 4) is 17.2 Å². The first kappa shape index (κ1) is 16.3. The van der Waals surface area contributed by atoms with Crippen LogP contribution in [0.1, 0.15) is 34.7 Å². The zero-order valence-corrected chi connectivity index (χ0v) is 14.2. The molecule has 26 heavy (non-hydrogen) atoms. The minimum Gasteiger partial charge on any atom is -0.383 e. The third-order valence-corrected chi connectivity index (χ3v) is 5.09. The van der Waals surface area contributed by atoms with Gasteiger partial charge in [0.2, 0.25) is 0 Å². The van der Waals surface area contributed by atoms with Crippen molar-refractivity contribution in [2.75, 3.05) is 5.73 Å². The maximum atomic E-state index is 13.8. The molecule has 0 amide bonds. The number of aromatic nitrogens is 1. The largest absolute Gasteiger partial charge is 0.383 e. The molecule has 1 unspecified atom stereocenters. The molecule has 1 aliphatic rings. The zero-order chi connectivity index (χ0) is 18.1. The summed E-state index contributed by atoms with van der Waals surface area (Å²) in [7, 11) is 0. The quantitative estimate of drug-likeness (QED) is 0.739. The Morgan fingerprint density at radius 2 is 1.92 bits per heavy atom. The van der Waals surface area contributed by atoms with Gasteiger partial charge in [0.25, 0.3) is 0 Å². The number of anilines is 1. The van der Waals surface area contributed by atoms with Crippen LogP contribution in [0.4, 0.5) is 10.2 Å². The van der Waals surface area contributed by atoms with Crippen molar-refractivity contribution in [3.05, 3.63) is 82.8 Å². The molecule has 4 rings (SSSR count). The number of nitrogens with zero attached hydrogens (tertiary/aromatic N) is 2. The van der Waals surface area contributed by atoms with E-state index in [2.05, 4.69) is 23.2 Å². The molecular weight excluding hydrogens is 325 g/mol. The molecule has 128 valence electrons. The first-order valence-electron chi connectivity index (χ1n) is 8.69. The summed E-state index contributed by atoms with van der Waals surface area (Å²) in [6.07, 6.45) is 2.55. The summed E-state index contributed by atoms with van der Waals surface area (Å²) in [5, 5.41) is 9.65. The normalized spacial score (nSPS) is 15.9. The Morgan fingerprint density at radius 1 is 1.12 bits per heavy atom. The lowest BCUT2D eigenvalue weighted by molar-refractivity contribution is 0.575. The second-order valence-electron chi connectivity index (χ2n) is 6.64. The molecule has 1 aromatic heterocycles. The van der Waals surface area contributed by atoms with Crippen molar-refractivity contribution >= 4 is 5.82 Å². The lowest BCUT2D eigenvalue weighted by Gasteiger charge is -2.27. The number of hydrogen-bond acceptors (Lipinski definition) is 3. The molecule has 3 nitrogen and oxygen atoms in total. The van der Waals surface area contributed by atoms with Gasteiger partial charge >= 0.3 is 0 Å². The molecule has 2 aromatic carbocycles. The zero-order valence-electron chi connectivity index (χ0n) is 14.2. The van der Waals surface area contributed by atoms with Crippen molar-refractivity contribution in [2.45, 2.75) is 25.2 Å². The summed E-state index contributed by atoms with van der Waals surface area (Å²) < 4.78 is 13.8. The average molecular weight is 343 g/mol. The fourth-order valence-corrected chi connectivity index (χ4v) is 3.86. The number of rotatable bonds is 2. The summed E-state index contributed by atoms with van der Waals surface area (Å²) in [4.78, 5) is 4.48. The van der Waals surface area contributed by atoms with Crippen LogP contribution in [0.5, 0.6) is 0 Å². The highest BCUT2D eigenvalue weighted by Gasteiger charge is 2.27. The van der Waals surface area contributed by atoms with Crippen molar-refractivity contribution in [2.24, 2.45) is 0 Å². The molecule has 0 saturated carbocycles. The summed E-state index contributed by atoms with van der Waals surface area (Å²) in [6.45, 7) is 0. The maximum Gasteiger partial charge on any atom is 0.142 e. The number of aryl methyl sites for hydroxylation is 1. The van der Waals surface area contributed by atoms with Gasteiger partial charge in [-0.15, -0.1) is 0 Å². The molecule has 2 N–H and O–H groups in total. The minimum absolute atomic E-state index is 0.226. The minimum atomic E-state index is -0.328. The fourth-order valence-electron chi connectivity index (χ4n) is 3.86. The van der Waals surface area contributed by atoms with Crippen molar-refractivity contribution in [1.82, 2.24) is 4.98 Å². The van der Waals surface area contributed by atoms with Gasteiger partial charge in [-0.3, -0.25) is 0 Å². The molecule has 0 aliphatic heterocycles. The van der Waals surface area contributed by atoms with Crippen molar-refractivity contribution in [3.63, 3.8) is 0 Å². The number of halogens is 1. The highest BCUT2D eigenvalue weighted by Crippen LogP contribution is 2.40. The van der Waals surface area contributed by atoms with Crippen LogP contribution in [0.3, 0.4) is 0 Å². The van der Waals surface area contributed by atoms with Crippen molar-refractivity contribution < 1.29 is 4.39 Å². The van der Waals surface area contributed by atoms with E-state index >= 15 is 0 Å². The second kappa shape index (κ2) is 6.61. The smallest absolute Gasteiger partial charge is 0.142 e. The van der Waals surface area contributed by atoms with E-state index in [0.29, 0.717) is 17.0 Å². The van der Waals surface area contributed by atoms with Crippen molar-refractivity contribution in [1.29, 1.82) is 5.26 Å². The van der Waals surface area contributed by atoms with E-state index < -0.39 is 0 Å². The fraction of sp³-hybridized carbons (Fsp3) is 0.182. The van der Waals surface area contributed by atoms with Crippen LogP contribution in [0.2, 0.25) is 0 Å². The number of benzene rings is 2. The lowest BCUT2D eigenvalue weighted by Crippen LogP contribution is -2.17. The highest BCUT2D eigenvalue weighted by atomic mass is 19.1. The van der Waals surface area contributed by atoms with Gasteiger partial charge in [0, 0.05) is 11.3 Å². The van der Waals surface area contributed by atoms with Gasteiger partial charge in [0.1, 0.15) is 23.3 Å². The topological polar surface area (TPSA) is 62.7 Å². The van der Waals surface area contributed by atoms with Crippen LogP contribution in [0, 0.1) is 17.1 Å². The molecule has 3 aromatic rings. The molecule has 1 aliphatic carbocycles. The average Bonchev–Trinajstić information content (AvgIpc) is 2.67. The molecule has 0 fully saturated rings. The SMILES string of the molecule is N#Cc1c(N)nc2c(c1-c1cccc(F)c1)CC(c1ccccc1)CC2. The second-order valence-corrected chi connectivity index (χ2v) is 6.64. The standard InChI is InChI=1S/C22H18FN3/c23-17-8-4-7-16(11-17)21-18-12-15(14-5-2-1-3-6-14)9-10-20(18)26-22(25)19(21)13-24/h1-8,11,15H,9-10,12H2,(H2,25,26). The van der Waals surface area contributed by atoms with E-state index in [-0.39, 0.29) is 11.6 Å². The van der Waals surface area contributed by atoms with Crippen LogP contribution in [-0.4, -0.2) is 4.98 Å². The van der Waals surface area contributed by atoms with E-state index in [9.17, 15) is 9.65 Å². The molecule has 0 spiro atoms.